The molecule has 0 unspecified atom stereocenters. The van der Waals surface area contributed by atoms with E-state index in [1.807, 2.05) is 0 Å². The molecule has 1 aromatic rings. The van der Waals surface area contributed by atoms with Crippen molar-refractivity contribution in [1.29, 1.82) is 0 Å². The lowest BCUT2D eigenvalue weighted by atomic mass is 10.1. The molecular weight excluding hydrogens is 369 g/mol. The number of hydrogen-bond acceptors (Lipinski definition) is 3. The molecule has 1 aromatic carbocycles. The van der Waals surface area contributed by atoms with Gasteiger partial charge in [0.25, 0.3) is 0 Å². The van der Waals surface area contributed by atoms with Gasteiger partial charge in [-0.25, -0.2) is 8.42 Å². The van der Waals surface area contributed by atoms with Crippen LogP contribution in [0.2, 0.25) is 5.02 Å². The van der Waals surface area contributed by atoms with Crippen LogP contribution in [0.4, 0.5) is 18.9 Å². The lowest BCUT2D eigenvalue weighted by Crippen LogP contribution is -2.37. The highest BCUT2D eigenvalue weighted by Gasteiger charge is 2.37. The zero-order valence-corrected chi connectivity index (χ0v) is 14.9. The summed E-state index contributed by atoms with van der Waals surface area (Å²) < 4.78 is 64.0. The minimum atomic E-state index is -4.79. The average Bonchev–Trinajstić information content (AvgIpc) is 2.36. The summed E-state index contributed by atoms with van der Waals surface area (Å²) in [6, 6.07) is 2.64. The van der Waals surface area contributed by atoms with Gasteiger partial charge in [-0.05, 0) is 32.0 Å². The molecule has 0 saturated heterocycles. The number of hydrogen-bond donors (Lipinski definition) is 1. The maximum Gasteiger partial charge on any atom is 0.418 e. The molecule has 0 atom stereocenters. The van der Waals surface area contributed by atoms with Crippen LogP contribution in [0.1, 0.15) is 25.8 Å². The van der Waals surface area contributed by atoms with E-state index in [-0.39, 0.29) is 17.5 Å². The first-order chi connectivity index (χ1) is 10.8. The Morgan fingerprint density at radius 3 is 2.38 bits per heavy atom. The molecule has 0 aromatic heterocycles. The van der Waals surface area contributed by atoms with E-state index in [0.29, 0.717) is 10.4 Å². The summed E-state index contributed by atoms with van der Waals surface area (Å²) >= 11 is 5.59. The molecule has 0 aliphatic carbocycles. The number of amides is 1. The third-order valence-electron chi connectivity index (χ3n) is 2.92. The van der Waals surface area contributed by atoms with Crippen LogP contribution in [0.25, 0.3) is 0 Å². The van der Waals surface area contributed by atoms with Gasteiger partial charge in [-0.15, -0.1) is 0 Å². The Morgan fingerprint density at radius 2 is 1.92 bits per heavy atom. The maximum absolute atomic E-state index is 13.2. The van der Waals surface area contributed by atoms with Crippen molar-refractivity contribution < 1.29 is 26.4 Å². The Labute approximate surface area is 143 Å². The monoisotopic (exact) mass is 386 g/mol. The van der Waals surface area contributed by atoms with Gasteiger partial charge in [0.05, 0.1) is 17.5 Å². The molecule has 24 heavy (non-hydrogen) atoms. The quantitative estimate of drug-likeness (QED) is 0.817. The van der Waals surface area contributed by atoms with E-state index in [1.54, 1.807) is 13.8 Å². The third kappa shape index (κ3) is 5.86. The Hall–Kier alpha value is -1.48. The van der Waals surface area contributed by atoms with Crippen LogP contribution in [0, 0.1) is 0 Å². The highest BCUT2D eigenvalue weighted by molar-refractivity contribution is 7.92. The molecule has 136 valence electrons. The summed E-state index contributed by atoms with van der Waals surface area (Å²) in [5.74, 6) is -0.457. The van der Waals surface area contributed by atoms with Crippen molar-refractivity contribution in [3.8, 4) is 0 Å². The summed E-state index contributed by atoms with van der Waals surface area (Å²) in [7, 11) is -4.03. The van der Waals surface area contributed by atoms with Crippen LogP contribution in [-0.2, 0) is 21.0 Å². The minimum Gasteiger partial charge on any atom is -0.354 e. The molecule has 1 amide bonds. The van der Waals surface area contributed by atoms with Gasteiger partial charge in [0.2, 0.25) is 15.9 Å². The number of benzene rings is 1. The summed E-state index contributed by atoms with van der Waals surface area (Å²) in [4.78, 5) is 11.7. The molecule has 0 spiro atoms. The molecule has 0 heterocycles. The standard InChI is InChI=1S/C14H18ClF3N2O3S/c1-9(2)19-13(21)6-7-20(24(3,22)23)12-5-4-10(15)8-11(12)14(16,17)18/h4-5,8-9H,6-7H2,1-3H3,(H,19,21). The first kappa shape index (κ1) is 20.6. The molecule has 0 saturated carbocycles. The molecule has 5 nitrogen and oxygen atoms in total. The van der Waals surface area contributed by atoms with E-state index >= 15 is 0 Å². The van der Waals surface area contributed by atoms with Crippen LogP contribution < -0.4 is 9.62 Å². The number of nitrogens with one attached hydrogen (secondary N) is 1. The fraction of sp³-hybridized carbons (Fsp3) is 0.500. The van der Waals surface area contributed by atoms with Gasteiger partial charge in [-0.1, -0.05) is 11.6 Å². The summed E-state index contributed by atoms with van der Waals surface area (Å²) in [5, 5.41) is 2.38. The van der Waals surface area contributed by atoms with E-state index in [1.165, 1.54) is 6.07 Å². The second-order valence-electron chi connectivity index (χ2n) is 5.47. The fourth-order valence-electron chi connectivity index (χ4n) is 2.01. The largest absolute Gasteiger partial charge is 0.418 e. The lowest BCUT2D eigenvalue weighted by molar-refractivity contribution is -0.137. The predicted octanol–water partition coefficient (Wildman–Crippen LogP) is 3.04. The van der Waals surface area contributed by atoms with Gasteiger partial charge < -0.3 is 5.32 Å². The highest BCUT2D eigenvalue weighted by Crippen LogP contribution is 2.39. The van der Waals surface area contributed by atoms with Crippen molar-refractivity contribution in [1.82, 2.24) is 5.32 Å². The second-order valence-corrected chi connectivity index (χ2v) is 7.81. The number of carbonyl (C=O) groups excluding carboxylic acids is 1. The minimum absolute atomic E-state index is 0.162. The molecule has 0 fully saturated rings. The topological polar surface area (TPSA) is 66.5 Å². The van der Waals surface area contributed by atoms with E-state index in [9.17, 15) is 26.4 Å². The lowest BCUT2D eigenvalue weighted by Gasteiger charge is -2.25. The van der Waals surface area contributed by atoms with Crippen molar-refractivity contribution in [3.63, 3.8) is 0 Å². The Balaban J connectivity index is 3.22. The first-order valence-corrected chi connectivity index (χ1v) is 9.19. The molecule has 1 N–H and O–H groups in total. The molecule has 0 radical (unpaired) electrons. The number of carbonyl (C=O) groups is 1. The second kappa shape index (κ2) is 7.60. The van der Waals surface area contributed by atoms with Crippen LogP contribution >= 0.6 is 11.6 Å². The third-order valence-corrected chi connectivity index (χ3v) is 4.34. The molecule has 0 aliphatic rings. The van der Waals surface area contributed by atoms with E-state index in [0.717, 1.165) is 12.3 Å². The SMILES string of the molecule is CC(C)NC(=O)CCN(c1ccc(Cl)cc1C(F)(F)F)S(C)(=O)=O. The summed E-state index contributed by atoms with van der Waals surface area (Å²) in [6.07, 6.45) is -4.28. The van der Waals surface area contributed by atoms with Crippen LogP contribution in [-0.4, -0.2) is 33.2 Å². The Kier molecular flexibility index (Phi) is 6.52. The number of sulfonamides is 1. The van der Waals surface area contributed by atoms with Gasteiger partial charge in [0.1, 0.15) is 0 Å². The van der Waals surface area contributed by atoms with Gasteiger partial charge in [0.15, 0.2) is 0 Å². The summed E-state index contributed by atoms with van der Waals surface area (Å²) in [5.41, 5.74) is -1.74. The number of alkyl halides is 3. The number of rotatable bonds is 6. The Morgan fingerprint density at radius 1 is 1.33 bits per heavy atom. The van der Waals surface area contributed by atoms with Crippen LogP contribution in [0.5, 0.6) is 0 Å². The van der Waals surface area contributed by atoms with Gasteiger partial charge in [-0.2, -0.15) is 13.2 Å². The van der Waals surface area contributed by atoms with Crippen molar-refractivity contribution in [2.24, 2.45) is 0 Å². The van der Waals surface area contributed by atoms with E-state index in [2.05, 4.69) is 5.32 Å². The molecule has 0 bridgehead atoms. The van der Waals surface area contributed by atoms with E-state index < -0.39 is 39.9 Å². The Bertz CT molecular complexity index is 706. The first-order valence-electron chi connectivity index (χ1n) is 6.96. The van der Waals surface area contributed by atoms with Gasteiger partial charge in [0, 0.05) is 24.0 Å². The number of nitrogens with zero attached hydrogens (tertiary/aromatic N) is 1. The normalized spacial score (nSPS) is 12.3. The summed E-state index contributed by atoms with van der Waals surface area (Å²) in [6.45, 7) is 3.02. The smallest absolute Gasteiger partial charge is 0.354 e. The number of halogens is 4. The van der Waals surface area contributed by atoms with Crippen molar-refractivity contribution in [2.75, 3.05) is 17.1 Å². The average molecular weight is 387 g/mol. The maximum atomic E-state index is 13.2. The highest BCUT2D eigenvalue weighted by atomic mass is 35.5. The van der Waals surface area contributed by atoms with Crippen LogP contribution in [0.3, 0.4) is 0 Å². The predicted molar refractivity (Wildman–Crippen MR) is 86.5 cm³/mol. The molecule has 0 aliphatic heterocycles. The zero-order valence-electron chi connectivity index (χ0n) is 13.3. The van der Waals surface area contributed by atoms with E-state index in [4.69, 9.17) is 11.6 Å². The molecule has 10 heteroatoms. The fourth-order valence-corrected chi connectivity index (χ4v) is 3.13. The van der Waals surface area contributed by atoms with Crippen molar-refractivity contribution in [2.45, 2.75) is 32.5 Å². The molecular formula is C14H18ClF3N2O3S. The number of anilines is 1. The zero-order chi connectivity index (χ0) is 18.7. The van der Waals surface area contributed by atoms with Crippen molar-refractivity contribution in [3.05, 3.63) is 28.8 Å². The van der Waals surface area contributed by atoms with Gasteiger partial charge in [-0.3, -0.25) is 9.10 Å². The van der Waals surface area contributed by atoms with Crippen LogP contribution in [0.15, 0.2) is 18.2 Å². The molecule has 1 rings (SSSR count). The van der Waals surface area contributed by atoms with Crippen molar-refractivity contribution >= 4 is 33.2 Å². The van der Waals surface area contributed by atoms with Gasteiger partial charge >= 0.3 is 6.18 Å².